The summed E-state index contributed by atoms with van der Waals surface area (Å²) in [6.07, 6.45) is 1.17. The Balaban J connectivity index is 0.000000356. The molecule has 0 bridgehead atoms. The van der Waals surface area contributed by atoms with Crippen molar-refractivity contribution in [2.45, 2.75) is 20.8 Å². The van der Waals surface area contributed by atoms with Crippen LogP contribution in [0, 0.1) is 13.0 Å². The van der Waals surface area contributed by atoms with Crippen LogP contribution in [-0.4, -0.2) is 15.9 Å². The van der Waals surface area contributed by atoms with Gasteiger partial charge in [0, 0.05) is 41.8 Å². The Labute approximate surface area is 232 Å². The second-order valence-electron chi connectivity index (χ2n) is 8.66. The molecule has 0 atom stereocenters. The predicted molar refractivity (Wildman–Crippen MR) is 148 cm³/mol. The third-order valence-electron chi connectivity index (χ3n) is 5.73. The number of furan rings is 1. The molecule has 3 heterocycles. The molecule has 0 saturated heterocycles. The average Bonchev–Trinajstić information content (AvgIpc) is 3.45. The molecule has 0 aliphatic heterocycles. The molecule has 0 saturated carbocycles. The summed E-state index contributed by atoms with van der Waals surface area (Å²) in [7, 11) is 0. The normalized spacial score (nSPS) is 11.3. The summed E-state index contributed by atoms with van der Waals surface area (Å²) in [5, 5.41) is 11.7. The number of benzene rings is 3. The number of para-hydroxylation sites is 1. The largest absolute Gasteiger partial charge is 0.512 e. The van der Waals surface area contributed by atoms with Gasteiger partial charge in [0.15, 0.2) is 5.78 Å². The molecule has 0 aliphatic rings. The van der Waals surface area contributed by atoms with E-state index in [1.165, 1.54) is 35.9 Å². The second-order valence-corrected chi connectivity index (χ2v) is 9.69. The van der Waals surface area contributed by atoms with Crippen LogP contribution in [-0.2, 0) is 24.9 Å². The minimum atomic E-state index is -0.125. The first-order chi connectivity index (χ1) is 17.4. The summed E-state index contributed by atoms with van der Waals surface area (Å²) in [4.78, 5) is 17.2. The Bertz CT molecular complexity index is 1740. The first-order valence-electron chi connectivity index (χ1n) is 11.6. The van der Waals surface area contributed by atoms with E-state index in [0.29, 0.717) is 0 Å². The molecule has 37 heavy (non-hydrogen) atoms. The van der Waals surface area contributed by atoms with Gasteiger partial charge in [-0.2, -0.15) is 0 Å². The standard InChI is InChI=1S/C26H16NOS.C5H8O2.Ir/c1-16-9-11-17(12-10-16)24-15-18-13-14-22(27-26(18)29-24)21-7-4-6-20-19-5-2-3-8-23(19)28-25(20)21;1-4(6)3-5(2)7;/h2-6,8-15H,1H3;3,6H,1-2H3;/q-1;;/b;4-3-;. The SMILES string of the molecule is CC(=O)/C=C(/C)O.Cc1ccc(-c2cc3ccc(-c4[c-]ccc5c4oc4ccccc45)nc3s2)cc1.[Ir]. The molecule has 0 unspecified atom stereocenters. The fourth-order valence-corrected chi connectivity index (χ4v) is 5.13. The van der Waals surface area contributed by atoms with Gasteiger partial charge in [0.25, 0.3) is 0 Å². The number of hydrogen-bond donors (Lipinski definition) is 1. The maximum Gasteiger partial charge on any atom is 0.155 e. The number of aromatic nitrogens is 1. The summed E-state index contributed by atoms with van der Waals surface area (Å²) in [6, 6.07) is 30.5. The van der Waals surface area contributed by atoms with Crippen molar-refractivity contribution < 1.29 is 34.4 Å². The van der Waals surface area contributed by atoms with Crippen molar-refractivity contribution in [2.24, 2.45) is 0 Å². The predicted octanol–water partition coefficient (Wildman–Crippen LogP) is 8.67. The van der Waals surface area contributed by atoms with E-state index >= 15 is 0 Å². The van der Waals surface area contributed by atoms with Gasteiger partial charge in [-0.3, -0.25) is 9.78 Å². The number of thiophene rings is 1. The van der Waals surface area contributed by atoms with Gasteiger partial charge in [0.1, 0.15) is 10.4 Å². The fraction of sp³-hybridized carbons (Fsp3) is 0.0968. The number of carbonyl (C=O) groups excluding carboxylic acids is 1. The molecular weight excluding hydrogens is 659 g/mol. The Kier molecular flexibility index (Phi) is 8.03. The average molecular weight is 683 g/mol. The molecule has 4 nitrogen and oxygen atoms in total. The van der Waals surface area contributed by atoms with Crippen molar-refractivity contribution in [1.29, 1.82) is 0 Å². The monoisotopic (exact) mass is 683 g/mol. The van der Waals surface area contributed by atoms with Crippen molar-refractivity contribution in [2.75, 3.05) is 0 Å². The van der Waals surface area contributed by atoms with Crippen LogP contribution in [0.5, 0.6) is 0 Å². The van der Waals surface area contributed by atoms with Gasteiger partial charge in [-0.05, 0) is 44.2 Å². The fourth-order valence-electron chi connectivity index (χ4n) is 4.09. The summed E-state index contributed by atoms with van der Waals surface area (Å²) in [6.45, 7) is 4.96. The maximum atomic E-state index is 10.0. The second kappa shape index (κ2) is 11.2. The van der Waals surface area contributed by atoms with Crippen molar-refractivity contribution in [3.63, 3.8) is 0 Å². The molecule has 0 amide bonds. The van der Waals surface area contributed by atoms with E-state index < -0.39 is 0 Å². The Morgan fingerprint density at radius 3 is 2.46 bits per heavy atom. The Hall–Kier alpha value is -3.57. The Morgan fingerprint density at radius 1 is 1.00 bits per heavy atom. The molecule has 0 aliphatic carbocycles. The van der Waals surface area contributed by atoms with Gasteiger partial charge in [0.05, 0.1) is 11.3 Å². The van der Waals surface area contributed by atoms with E-state index in [-0.39, 0.29) is 31.6 Å². The van der Waals surface area contributed by atoms with Gasteiger partial charge < -0.3 is 9.52 Å². The molecule has 0 spiro atoms. The van der Waals surface area contributed by atoms with E-state index in [1.807, 2.05) is 24.3 Å². The molecule has 6 rings (SSSR count). The molecule has 187 valence electrons. The molecule has 6 heteroatoms. The smallest absolute Gasteiger partial charge is 0.155 e. The number of hydrogen-bond acceptors (Lipinski definition) is 5. The van der Waals surface area contributed by atoms with Crippen LogP contribution in [0.4, 0.5) is 0 Å². The van der Waals surface area contributed by atoms with Crippen LogP contribution in [0.15, 0.2) is 95.1 Å². The number of aliphatic hydroxyl groups excluding tert-OH is 1. The molecular formula is C31H24IrNO3S-. The van der Waals surface area contributed by atoms with Crippen molar-refractivity contribution in [1.82, 2.24) is 4.98 Å². The summed E-state index contributed by atoms with van der Waals surface area (Å²) in [5.74, 6) is -0.0625. The van der Waals surface area contributed by atoms with E-state index in [0.717, 1.165) is 43.4 Å². The van der Waals surface area contributed by atoms with E-state index in [4.69, 9.17) is 14.5 Å². The number of allylic oxidation sites excluding steroid dienone is 2. The van der Waals surface area contributed by atoms with Crippen molar-refractivity contribution in [3.8, 4) is 21.7 Å². The quantitative estimate of drug-likeness (QED) is 0.115. The molecule has 1 radical (unpaired) electrons. The number of rotatable bonds is 3. The van der Waals surface area contributed by atoms with Crippen LogP contribution in [0.2, 0.25) is 0 Å². The zero-order valence-corrected chi connectivity index (χ0v) is 23.7. The summed E-state index contributed by atoms with van der Waals surface area (Å²) in [5.41, 5.74) is 6.03. The van der Waals surface area contributed by atoms with Gasteiger partial charge in [-0.25, -0.2) is 0 Å². The van der Waals surface area contributed by atoms with Gasteiger partial charge in [0.2, 0.25) is 0 Å². The van der Waals surface area contributed by atoms with Crippen LogP contribution in [0.1, 0.15) is 19.4 Å². The van der Waals surface area contributed by atoms with Crippen LogP contribution < -0.4 is 0 Å². The minimum absolute atomic E-state index is 0. The van der Waals surface area contributed by atoms with Gasteiger partial charge in [-0.1, -0.05) is 71.1 Å². The zero-order chi connectivity index (χ0) is 25.2. The maximum absolute atomic E-state index is 10.0. The third kappa shape index (κ3) is 5.72. The number of fused-ring (bicyclic) bond motifs is 4. The molecule has 3 aromatic heterocycles. The van der Waals surface area contributed by atoms with Gasteiger partial charge >= 0.3 is 0 Å². The first-order valence-corrected chi connectivity index (χ1v) is 12.4. The van der Waals surface area contributed by atoms with Crippen molar-refractivity contribution >= 4 is 49.3 Å². The Morgan fingerprint density at radius 2 is 1.76 bits per heavy atom. The minimum Gasteiger partial charge on any atom is -0.512 e. The molecule has 1 N–H and O–H groups in total. The van der Waals surface area contributed by atoms with Crippen LogP contribution in [0.3, 0.4) is 0 Å². The van der Waals surface area contributed by atoms with Crippen LogP contribution >= 0.6 is 11.3 Å². The number of nitrogens with zero attached hydrogens (tertiary/aromatic N) is 1. The number of aliphatic hydroxyl groups is 1. The van der Waals surface area contributed by atoms with Gasteiger partial charge in [-0.15, -0.1) is 29.5 Å². The number of aryl methyl sites for hydroxylation is 1. The zero-order valence-electron chi connectivity index (χ0n) is 20.5. The number of pyridine rings is 1. The van der Waals surface area contributed by atoms with Crippen molar-refractivity contribution in [3.05, 3.63) is 102 Å². The van der Waals surface area contributed by atoms with E-state index in [1.54, 1.807) is 11.3 Å². The molecule has 6 aromatic rings. The first kappa shape index (κ1) is 26.5. The topological polar surface area (TPSA) is 63.3 Å². The molecule has 3 aromatic carbocycles. The van der Waals surface area contributed by atoms with Crippen LogP contribution in [0.25, 0.3) is 53.9 Å². The van der Waals surface area contributed by atoms with E-state index in [2.05, 4.69) is 67.6 Å². The third-order valence-corrected chi connectivity index (χ3v) is 6.82. The number of ketones is 1. The summed E-state index contributed by atoms with van der Waals surface area (Å²) >= 11 is 1.72. The number of carbonyl (C=O) groups is 1. The van der Waals surface area contributed by atoms with E-state index in [9.17, 15) is 4.79 Å². The summed E-state index contributed by atoms with van der Waals surface area (Å²) < 4.78 is 6.17. The molecule has 0 fully saturated rings.